The second-order valence-electron chi connectivity index (χ2n) is 13.1. The molecule has 7 rings (SSSR count). The smallest absolute Gasteiger partial charge is 0.313 e. The van der Waals surface area contributed by atoms with E-state index in [1.54, 1.807) is 39.2 Å². The second-order valence-corrected chi connectivity index (χ2v) is 15.8. The number of thioether (sulfide) groups is 2. The van der Waals surface area contributed by atoms with Crippen LogP contribution in [-0.2, 0) is 50.1 Å². The SMILES string of the molecule is C[C@@H](O)[C@@H](C(=O)O[C@H](C)[C@H]1C(=O)N2C(C(=O)[O-])=C(SC3Cn4cnc[n+]4C3)[C@H](C)[C@H]12)[C@@H]1NC(C(=O)[O-])=C(SC2Cn3cnc[n+]3C2)[C@@H]1C. The number of hydrogen-bond acceptors (Lipinski definition) is 13. The number of aliphatic carboxylic acids is 2. The minimum atomic E-state index is -1.43. The molecule has 5 aliphatic rings. The molecule has 1 fully saturated rings. The van der Waals surface area contributed by atoms with Crippen LogP contribution in [0.15, 0.2) is 46.5 Å². The lowest BCUT2D eigenvalue weighted by molar-refractivity contribution is -0.758. The minimum Gasteiger partial charge on any atom is -0.543 e. The molecule has 0 spiro atoms. The maximum Gasteiger partial charge on any atom is 0.313 e. The number of hydrogen-bond donors (Lipinski definition) is 2. The molecule has 0 unspecified atom stereocenters. The fraction of sp³-hybridized carbons (Fsp3) is 0.600. The summed E-state index contributed by atoms with van der Waals surface area (Å²) >= 11 is 2.81. The number of nitrogens with one attached hydrogen (secondary N) is 1. The summed E-state index contributed by atoms with van der Waals surface area (Å²) in [5.41, 5.74) is -0.262. The maximum absolute atomic E-state index is 13.8. The lowest BCUT2D eigenvalue weighted by Gasteiger charge is -2.48. The quantitative estimate of drug-likeness (QED) is 0.133. The first-order valence-electron chi connectivity index (χ1n) is 15.9. The average Bonchev–Trinajstić information content (AvgIpc) is 3.83. The van der Waals surface area contributed by atoms with Crippen LogP contribution in [0.25, 0.3) is 0 Å². The third-order valence-electron chi connectivity index (χ3n) is 10.1. The van der Waals surface area contributed by atoms with E-state index in [2.05, 4.69) is 15.3 Å². The predicted octanol–water partition coefficient (Wildman–Crippen LogP) is -3.48. The number of carbonyl (C=O) groups is 4. The van der Waals surface area contributed by atoms with Crippen molar-refractivity contribution >= 4 is 47.3 Å². The third kappa shape index (κ3) is 5.28. The van der Waals surface area contributed by atoms with Gasteiger partial charge in [-0.3, -0.25) is 9.59 Å². The Balaban J connectivity index is 1.03. The number of β-lactam (4-membered cyclic amide) rings is 1. The van der Waals surface area contributed by atoms with Gasteiger partial charge in [0.1, 0.15) is 25.1 Å². The molecule has 0 aliphatic carbocycles. The molecule has 1 amide bonds. The van der Waals surface area contributed by atoms with Gasteiger partial charge in [-0.25, -0.2) is 0 Å². The van der Waals surface area contributed by atoms with Crippen LogP contribution in [0.1, 0.15) is 27.7 Å². The van der Waals surface area contributed by atoms with E-state index in [4.69, 9.17) is 4.74 Å². The van der Waals surface area contributed by atoms with Gasteiger partial charge in [0.2, 0.25) is 18.6 Å². The van der Waals surface area contributed by atoms with Crippen LogP contribution >= 0.6 is 23.5 Å². The van der Waals surface area contributed by atoms with Gasteiger partial charge in [-0.05, 0) is 23.8 Å². The summed E-state index contributed by atoms with van der Waals surface area (Å²) in [4.78, 5) is 62.3. The van der Waals surface area contributed by atoms with Gasteiger partial charge in [0.15, 0.2) is 0 Å². The zero-order valence-electron chi connectivity index (χ0n) is 26.7. The summed E-state index contributed by atoms with van der Waals surface area (Å²) < 4.78 is 13.6. The van der Waals surface area contributed by atoms with Gasteiger partial charge in [0.05, 0.1) is 65.0 Å². The third-order valence-corrected chi connectivity index (χ3v) is 13.0. The van der Waals surface area contributed by atoms with Crippen LogP contribution in [0.4, 0.5) is 0 Å². The highest BCUT2D eigenvalue weighted by Crippen LogP contribution is 2.52. The zero-order valence-corrected chi connectivity index (χ0v) is 28.3. The number of carbonyl (C=O) groups excluding carboxylic acids is 4. The Hall–Kier alpha value is -3.90. The van der Waals surface area contributed by atoms with Gasteiger partial charge in [-0.15, -0.1) is 23.5 Å². The zero-order chi connectivity index (χ0) is 34.2. The number of carboxylic acids is 2. The first-order valence-corrected chi connectivity index (χ1v) is 17.6. The molecule has 0 bridgehead atoms. The first-order chi connectivity index (χ1) is 22.8. The molecule has 0 radical (unpaired) electrons. The van der Waals surface area contributed by atoms with E-state index in [1.807, 2.05) is 25.7 Å². The van der Waals surface area contributed by atoms with Crippen LogP contribution in [0.2, 0.25) is 0 Å². The Morgan fingerprint density at radius 3 is 2.08 bits per heavy atom. The van der Waals surface area contributed by atoms with Gasteiger partial charge in [0, 0.05) is 27.7 Å². The van der Waals surface area contributed by atoms with Crippen molar-refractivity contribution in [1.82, 2.24) is 29.5 Å². The topological polar surface area (TPSA) is 203 Å². The fourth-order valence-corrected chi connectivity index (χ4v) is 10.7. The number of aliphatic hydroxyl groups excluding tert-OH is 1. The Morgan fingerprint density at radius 1 is 0.979 bits per heavy atom. The van der Waals surface area contributed by atoms with E-state index in [0.29, 0.717) is 36.0 Å². The molecule has 5 aliphatic heterocycles. The van der Waals surface area contributed by atoms with E-state index in [1.165, 1.54) is 35.3 Å². The van der Waals surface area contributed by atoms with Crippen molar-refractivity contribution in [3.63, 3.8) is 0 Å². The summed E-state index contributed by atoms with van der Waals surface area (Å²) in [7, 11) is 0. The molecule has 8 atom stereocenters. The molecule has 256 valence electrons. The number of amides is 1. The number of ether oxygens (including phenoxy) is 1. The number of carboxylic acid groups (broad SMARTS) is 2. The Kier molecular flexibility index (Phi) is 8.30. The summed E-state index contributed by atoms with van der Waals surface area (Å²) in [6.45, 7) is 9.18. The number of nitrogens with zero attached hydrogens (tertiary/aromatic N) is 7. The lowest BCUT2D eigenvalue weighted by Crippen LogP contribution is -2.65. The van der Waals surface area contributed by atoms with Gasteiger partial charge in [-0.1, -0.05) is 13.8 Å². The van der Waals surface area contributed by atoms with Crippen LogP contribution in [0.3, 0.4) is 0 Å². The highest BCUT2D eigenvalue weighted by molar-refractivity contribution is 8.04. The number of aromatic nitrogens is 6. The van der Waals surface area contributed by atoms with Crippen molar-refractivity contribution in [3.05, 3.63) is 46.5 Å². The molecule has 48 heavy (non-hydrogen) atoms. The Morgan fingerprint density at radius 2 is 1.56 bits per heavy atom. The standard InChI is InChI=1S/C30H36N8O8S2/c1-13-21(33-22(28(41)42)25(13)47-17-5-34-9-31-10-35(34)6-17)19(15(3)39)30(45)46-16(4)20-23-14(2)26(24(29(43)44)38(23)27(20)40)48-18-7-36-11-32-12-37(36)8-18/h9-21,23,33,39H,5-8H2,1-4H3/t13-,14-,15-,16-,19-,20-,21-,23-/m1/s1. The van der Waals surface area contributed by atoms with Crippen molar-refractivity contribution in [2.75, 3.05) is 0 Å². The molecule has 0 saturated carbocycles. The largest absolute Gasteiger partial charge is 0.543 e. The number of esters is 1. The molecule has 16 nitrogen and oxygen atoms in total. The molecule has 2 aromatic rings. The van der Waals surface area contributed by atoms with Crippen LogP contribution in [-0.4, -0.2) is 87.9 Å². The molecular formula is C30H36N8O8S2. The molecule has 18 heteroatoms. The van der Waals surface area contributed by atoms with Crippen molar-refractivity contribution in [2.45, 2.75) is 88.7 Å². The summed E-state index contributed by atoms with van der Waals surface area (Å²) in [5, 5.41) is 38.3. The van der Waals surface area contributed by atoms with E-state index < -0.39 is 65.9 Å². The van der Waals surface area contributed by atoms with Crippen molar-refractivity contribution in [2.24, 2.45) is 23.7 Å². The summed E-state index contributed by atoms with van der Waals surface area (Å²) in [5.74, 6) is -6.93. The molecule has 2 aromatic heterocycles. The van der Waals surface area contributed by atoms with Crippen molar-refractivity contribution < 1.29 is 48.6 Å². The van der Waals surface area contributed by atoms with Gasteiger partial charge in [0.25, 0.3) is 0 Å². The lowest BCUT2D eigenvalue weighted by atomic mass is 9.79. The molecular weight excluding hydrogens is 665 g/mol. The van der Waals surface area contributed by atoms with Crippen molar-refractivity contribution in [3.8, 4) is 0 Å². The van der Waals surface area contributed by atoms with Crippen LogP contribution in [0.5, 0.6) is 0 Å². The van der Waals surface area contributed by atoms with Crippen LogP contribution in [0, 0.1) is 23.7 Å². The Bertz CT molecular complexity index is 1710. The summed E-state index contributed by atoms with van der Waals surface area (Å²) in [6, 6.07) is -1.37. The number of fused-ring (bicyclic) bond motifs is 3. The molecule has 2 N–H and O–H groups in total. The maximum atomic E-state index is 13.8. The van der Waals surface area contributed by atoms with Gasteiger partial charge >= 0.3 is 18.6 Å². The Labute approximate surface area is 283 Å². The van der Waals surface area contributed by atoms with Crippen molar-refractivity contribution in [1.29, 1.82) is 0 Å². The minimum absolute atomic E-state index is 0.0244. The van der Waals surface area contributed by atoms with Crippen LogP contribution < -0.4 is 24.9 Å². The van der Waals surface area contributed by atoms with E-state index in [-0.39, 0.29) is 27.8 Å². The first kappa shape index (κ1) is 32.6. The fourth-order valence-electron chi connectivity index (χ4n) is 7.81. The number of rotatable bonds is 11. The normalized spacial score (nSPS) is 30.8. The van der Waals surface area contributed by atoms with Gasteiger partial charge in [-0.2, -0.15) is 18.7 Å². The molecule has 0 aromatic carbocycles. The number of aliphatic hydroxyl groups is 1. The van der Waals surface area contributed by atoms with Gasteiger partial charge < -0.3 is 39.9 Å². The van der Waals surface area contributed by atoms with E-state index in [9.17, 15) is 34.5 Å². The highest BCUT2D eigenvalue weighted by atomic mass is 32.2. The van der Waals surface area contributed by atoms with E-state index in [0.717, 1.165) is 0 Å². The highest BCUT2D eigenvalue weighted by Gasteiger charge is 2.60. The predicted molar refractivity (Wildman–Crippen MR) is 162 cm³/mol. The molecule has 1 saturated heterocycles. The second kappa shape index (κ2) is 12.2. The molecule has 7 heterocycles. The summed E-state index contributed by atoms with van der Waals surface area (Å²) in [6.07, 6.45) is 4.64. The monoisotopic (exact) mass is 700 g/mol. The van der Waals surface area contributed by atoms with E-state index >= 15 is 0 Å². The average molecular weight is 701 g/mol.